The summed E-state index contributed by atoms with van der Waals surface area (Å²) in [4.78, 5) is 15.4. The molecule has 0 radical (unpaired) electrons. The summed E-state index contributed by atoms with van der Waals surface area (Å²) in [5, 5.41) is 14.3. The number of hydrogen-bond acceptors (Lipinski definition) is 5. The van der Waals surface area contributed by atoms with E-state index in [0.717, 1.165) is 21.5 Å². The lowest BCUT2D eigenvalue weighted by atomic mass is 9.93. The Bertz CT molecular complexity index is 2020. The highest BCUT2D eigenvalue weighted by atomic mass is 32.2. The van der Waals surface area contributed by atoms with Crippen LogP contribution in [0.1, 0.15) is 27.0 Å². The first-order valence-electron chi connectivity index (χ1n) is 12.1. The molecule has 0 bridgehead atoms. The van der Waals surface area contributed by atoms with Gasteiger partial charge in [0, 0.05) is 34.8 Å². The number of rotatable bonds is 5. The fraction of sp³-hybridized carbons (Fsp3) is 0.0323. The summed E-state index contributed by atoms with van der Waals surface area (Å²) in [6.07, 6.45) is 2.88. The van der Waals surface area contributed by atoms with Crippen molar-refractivity contribution in [3.63, 3.8) is 0 Å². The molecule has 190 valence electrons. The van der Waals surface area contributed by atoms with Gasteiger partial charge in [0.05, 0.1) is 0 Å². The molecule has 8 heteroatoms. The van der Waals surface area contributed by atoms with Gasteiger partial charge in [-0.1, -0.05) is 72.8 Å². The van der Waals surface area contributed by atoms with E-state index in [2.05, 4.69) is 4.79 Å². The number of carbonyl (C=O) groups is 1. The third-order valence-corrected chi connectivity index (χ3v) is 8.19. The van der Waals surface area contributed by atoms with Crippen molar-refractivity contribution in [2.24, 2.45) is 0 Å². The standard InChI is InChI=1S/C31H20N2O5S/c32-33-27-15-14-23-24(31(27)35)10-5-11-30(23)39(36,37)38-29-17-13-20-7-2-4-9-22(20)26(29)18-25-21-8-3-1-6-19(21)12-16-28(25)34/h1-17,34H,18H2. The molecule has 0 fully saturated rings. The second-order valence-corrected chi connectivity index (χ2v) is 10.6. The molecule has 0 atom stereocenters. The Morgan fingerprint density at radius 2 is 1.44 bits per heavy atom. The molecule has 0 heterocycles. The minimum atomic E-state index is -4.41. The van der Waals surface area contributed by atoms with E-state index in [0.29, 0.717) is 11.1 Å². The van der Waals surface area contributed by atoms with Crippen molar-refractivity contribution in [2.45, 2.75) is 11.3 Å². The van der Waals surface area contributed by atoms with E-state index in [4.69, 9.17) is 9.71 Å². The number of phenols is 1. The predicted octanol–water partition coefficient (Wildman–Crippen LogP) is 5.94. The van der Waals surface area contributed by atoms with Crippen molar-refractivity contribution < 1.29 is 27.3 Å². The van der Waals surface area contributed by atoms with E-state index in [9.17, 15) is 18.3 Å². The summed E-state index contributed by atoms with van der Waals surface area (Å²) >= 11 is 0. The van der Waals surface area contributed by atoms with Gasteiger partial charge in [-0.05, 0) is 45.8 Å². The van der Waals surface area contributed by atoms with Crippen LogP contribution in [0.3, 0.4) is 0 Å². The highest BCUT2D eigenvalue weighted by molar-refractivity contribution is 7.87. The van der Waals surface area contributed by atoms with E-state index >= 15 is 0 Å². The van der Waals surface area contributed by atoms with Crippen molar-refractivity contribution in [3.8, 4) is 11.5 Å². The van der Waals surface area contributed by atoms with Gasteiger partial charge in [0.25, 0.3) is 5.78 Å². The van der Waals surface area contributed by atoms with Gasteiger partial charge in [0.2, 0.25) is 0 Å². The molecule has 5 aromatic rings. The van der Waals surface area contributed by atoms with Gasteiger partial charge in [0.15, 0.2) is 0 Å². The lowest BCUT2D eigenvalue weighted by Crippen LogP contribution is -2.21. The van der Waals surface area contributed by atoms with Gasteiger partial charge in [-0.25, -0.2) is 0 Å². The molecule has 1 aliphatic carbocycles. The minimum Gasteiger partial charge on any atom is -0.508 e. The maximum Gasteiger partial charge on any atom is 0.362 e. The maximum absolute atomic E-state index is 13.7. The van der Waals surface area contributed by atoms with Crippen LogP contribution >= 0.6 is 0 Å². The van der Waals surface area contributed by atoms with Crippen LogP contribution in [0.2, 0.25) is 0 Å². The second kappa shape index (κ2) is 9.36. The monoisotopic (exact) mass is 532 g/mol. The fourth-order valence-electron chi connectivity index (χ4n) is 5.01. The second-order valence-electron chi connectivity index (χ2n) is 9.13. The van der Waals surface area contributed by atoms with Gasteiger partial charge in [-0.3, -0.25) is 4.79 Å². The first-order valence-corrected chi connectivity index (χ1v) is 13.5. The largest absolute Gasteiger partial charge is 0.508 e. The molecular formula is C31H20N2O5S. The smallest absolute Gasteiger partial charge is 0.362 e. The van der Waals surface area contributed by atoms with Crippen molar-refractivity contribution in [2.75, 3.05) is 0 Å². The van der Waals surface area contributed by atoms with Gasteiger partial charge in [-0.2, -0.15) is 13.2 Å². The summed E-state index contributed by atoms with van der Waals surface area (Å²) in [5.41, 5.74) is 10.4. The Hall–Kier alpha value is -5.04. The summed E-state index contributed by atoms with van der Waals surface area (Å²) in [7, 11) is -4.41. The van der Waals surface area contributed by atoms with E-state index in [-0.39, 0.29) is 39.7 Å². The lowest BCUT2D eigenvalue weighted by Gasteiger charge is -2.17. The molecule has 7 nitrogen and oxygen atoms in total. The Labute approximate surface area is 224 Å². The van der Waals surface area contributed by atoms with Crippen LogP contribution in [0.4, 0.5) is 0 Å². The van der Waals surface area contributed by atoms with Crippen molar-refractivity contribution in [1.82, 2.24) is 0 Å². The van der Waals surface area contributed by atoms with E-state index in [1.54, 1.807) is 18.2 Å². The van der Waals surface area contributed by atoms with Crippen LogP contribution in [-0.4, -0.2) is 29.8 Å². The van der Waals surface area contributed by atoms with E-state index in [1.165, 1.54) is 30.4 Å². The average molecular weight is 533 g/mol. The lowest BCUT2D eigenvalue weighted by molar-refractivity contribution is -0.00436. The molecule has 39 heavy (non-hydrogen) atoms. The van der Waals surface area contributed by atoms with Crippen LogP contribution < -0.4 is 4.18 Å². The Kier molecular flexibility index (Phi) is 5.84. The molecule has 0 amide bonds. The van der Waals surface area contributed by atoms with E-state index in [1.807, 2.05) is 54.6 Å². The zero-order valence-corrected chi connectivity index (χ0v) is 21.2. The number of ketones is 1. The molecule has 6 rings (SSSR count). The molecule has 1 N–H and O–H groups in total. The SMILES string of the molecule is [N-]=[N+]=C1C=Cc2c(cccc2S(=O)(=O)Oc2ccc3ccccc3c2Cc2c(O)ccc3ccccc23)C1=O. The highest BCUT2D eigenvalue weighted by Gasteiger charge is 2.31. The number of Topliss-reactive ketones (excluding diaryl/α,β-unsaturated/α-hetero) is 1. The van der Waals surface area contributed by atoms with Crippen LogP contribution in [0.25, 0.3) is 33.2 Å². The van der Waals surface area contributed by atoms with Gasteiger partial charge >= 0.3 is 15.8 Å². The zero-order chi connectivity index (χ0) is 27.1. The molecule has 1 aliphatic rings. The number of phenolic OH excluding ortho intramolecular Hbond substituents is 1. The molecular weight excluding hydrogens is 512 g/mol. The molecule has 0 saturated heterocycles. The van der Waals surface area contributed by atoms with E-state index < -0.39 is 15.9 Å². The van der Waals surface area contributed by atoms with Crippen molar-refractivity contribution >= 4 is 49.2 Å². The maximum atomic E-state index is 13.7. The minimum absolute atomic E-state index is 0.0920. The van der Waals surface area contributed by atoms with Crippen molar-refractivity contribution in [1.29, 1.82) is 0 Å². The number of benzene rings is 5. The molecule has 0 aromatic heterocycles. The van der Waals surface area contributed by atoms with Crippen molar-refractivity contribution in [3.05, 3.63) is 125 Å². The topological polar surface area (TPSA) is 117 Å². The number of aromatic hydroxyl groups is 1. The van der Waals surface area contributed by atoms with Gasteiger partial charge in [-0.15, -0.1) is 0 Å². The molecule has 0 aliphatic heterocycles. The summed E-state index contributed by atoms with van der Waals surface area (Å²) in [6.45, 7) is 0. The summed E-state index contributed by atoms with van der Waals surface area (Å²) in [5.74, 6) is -0.384. The predicted molar refractivity (Wildman–Crippen MR) is 149 cm³/mol. The summed E-state index contributed by atoms with van der Waals surface area (Å²) in [6, 6.07) is 26.3. The number of allylic oxidation sites excluding steroid dienone is 1. The molecule has 0 saturated carbocycles. The third kappa shape index (κ3) is 4.18. The number of nitrogens with zero attached hydrogens (tertiary/aromatic N) is 2. The molecule has 0 spiro atoms. The Morgan fingerprint density at radius 1 is 0.769 bits per heavy atom. The normalized spacial score (nSPS) is 12.9. The van der Waals surface area contributed by atoms with Gasteiger partial charge < -0.3 is 14.8 Å². The molecule has 0 unspecified atom stereocenters. The van der Waals surface area contributed by atoms with Crippen LogP contribution in [-0.2, 0) is 16.5 Å². The molecule has 5 aromatic carbocycles. The van der Waals surface area contributed by atoms with Gasteiger partial charge in [0.1, 0.15) is 16.4 Å². The van der Waals surface area contributed by atoms with Crippen LogP contribution in [0.5, 0.6) is 11.5 Å². The Morgan fingerprint density at radius 3 is 2.15 bits per heavy atom. The first kappa shape index (κ1) is 24.3. The summed E-state index contributed by atoms with van der Waals surface area (Å²) < 4.78 is 33.1. The first-order chi connectivity index (χ1) is 18.9. The Balaban J connectivity index is 1.50. The third-order valence-electron chi connectivity index (χ3n) is 6.89. The van der Waals surface area contributed by atoms with Crippen LogP contribution in [0, 0.1) is 0 Å². The number of carbonyl (C=O) groups excluding carboxylic acids is 1. The zero-order valence-electron chi connectivity index (χ0n) is 20.4. The highest BCUT2D eigenvalue weighted by Crippen LogP contribution is 2.37. The number of fused-ring (bicyclic) bond motifs is 3. The fourth-order valence-corrected chi connectivity index (χ4v) is 6.19. The number of hydrogen-bond donors (Lipinski definition) is 1. The average Bonchev–Trinajstić information content (AvgIpc) is 2.95. The van der Waals surface area contributed by atoms with Crippen LogP contribution in [0.15, 0.2) is 102 Å². The quantitative estimate of drug-likeness (QED) is 0.171.